The molecule has 0 heterocycles. The molecule has 5 heteroatoms. The van der Waals surface area contributed by atoms with Crippen molar-refractivity contribution in [2.24, 2.45) is 0 Å². The number of carbonyl (C=O) groups is 2. The van der Waals surface area contributed by atoms with Crippen molar-refractivity contribution in [3.8, 4) is 0 Å². The van der Waals surface area contributed by atoms with Gasteiger partial charge in [-0.3, -0.25) is 9.59 Å². The molecule has 0 bridgehead atoms. The number of hydrogen-bond acceptors (Lipinski definition) is 3. The first-order chi connectivity index (χ1) is 8.93. The first-order valence-corrected chi connectivity index (χ1v) is 6.30. The summed E-state index contributed by atoms with van der Waals surface area (Å²) in [5.74, 6) is -1.01. The highest BCUT2D eigenvalue weighted by Crippen LogP contribution is 2.15. The van der Waals surface area contributed by atoms with Crippen LogP contribution in [-0.2, 0) is 4.79 Å². The van der Waals surface area contributed by atoms with E-state index in [1.54, 1.807) is 29.2 Å². The van der Waals surface area contributed by atoms with Gasteiger partial charge in [0, 0.05) is 24.7 Å². The number of anilines is 1. The Balaban J connectivity index is 2.79. The molecule has 0 aliphatic carbocycles. The number of aliphatic carboxylic acids is 1. The van der Waals surface area contributed by atoms with Crippen LogP contribution in [0.25, 0.3) is 0 Å². The van der Waals surface area contributed by atoms with Gasteiger partial charge in [0.25, 0.3) is 5.91 Å². The minimum absolute atomic E-state index is 0.000834. The van der Waals surface area contributed by atoms with E-state index in [4.69, 9.17) is 10.8 Å². The smallest absolute Gasteiger partial charge is 0.303 e. The number of para-hydroxylation sites is 1. The zero-order valence-electron chi connectivity index (χ0n) is 11.3. The normalized spacial score (nSPS) is 10.5. The highest BCUT2D eigenvalue weighted by atomic mass is 16.4. The quantitative estimate of drug-likeness (QED) is 0.769. The average molecular weight is 264 g/mol. The summed E-state index contributed by atoms with van der Waals surface area (Å²) in [4.78, 5) is 24.5. The number of nitrogens with zero attached hydrogens (tertiary/aromatic N) is 1. The van der Waals surface area contributed by atoms with Gasteiger partial charge in [0.1, 0.15) is 0 Å². The van der Waals surface area contributed by atoms with E-state index in [1.165, 1.54) is 0 Å². The molecule has 0 aromatic heterocycles. The van der Waals surface area contributed by atoms with Crippen molar-refractivity contribution >= 4 is 17.6 Å². The van der Waals surface area contributed by atoms with Crippen molar-refractivity contribution in [2.75, 3.05) is 12.3 Å². The third-order valence-electron chi connectivity index (χ3n) is 2.87. The zero-order chi connectivity index (χ0) is 14.4. The van der Waals surface area contributed by atoms with Crippen LogP contribution in [0.3, 0.4) is 0 Å². The highest BCUT2D eigenvalue weighted by Gasteiger charge is 2.20. The molecule has 0 atom stereocenters. The zero-order valence-corrected chi connectivity index (χ0v) is 11.3. The molecule has 1 aromatic carbocycles. The first kappa shape index (κ1) is 15.0. The topological polar surface area (TPSA) is 83.6 Å². The molecule has 1 aromatic rings. The van der Waals surface area contributed by atoms with E-state index in [1.807, 2.05) is 13.8 Å². The van der Waals surface area contributed by atoms with E-state index in [-0.39, 0.29) is 18.4 Å². The molecular formula is C14H20N2O3. The Kier molecular flexibility index (Phi) is 5.36. The maximum absolute atomic E-state index is 12.4. The lowest BCUT2D eigenvalue weighted by atomic mass is 10.1. The number of nitrogen functional groups attached to an aromatic ring is 1. The third-order valence-corrected chi connectivity index (χ3v) is 2.87. The van der Waals surface area contributed by atoms with E-state index < -0.39 is 5.97 Å². The Bertz CT molecular complexity index is 458. The Labute approximate surface area is 113 Å². The van der Waals surface area contributed by atoms with Gasteiger partial charge in [-0.1, -0.05) is 12.1 Å². The van der Waals surface area contributed by atoms with Crippen LogP contribution in [-0.4, -0.2) is 34.5 Å². The molecule has 0 aliphatic rings. The van der Waals surface area contributed by atoms with Crippen molar-refractivity contribution < 1.29 is 14.7 Å². The maximum atomic E-state index is 12.4. The second kappa shape index (κ2) is 6.78. The molecule has 0 spiro atoms. The Morgan fingerprint density at radius 1 is 1.32 bits per heavy atom. The van der Waals surface area contributed by atoms with Crippen LogP contribution >= 0.6 is 0 Å². The van der Waals surface area contributed by atoms with Gasteiger partial charge in [-0.25, -0.2) is 0 Å². The second-order valence-electron chi connectivity index (χ2n) is 4.68. The van der Waals surface area contributed by atoms with E-state index in [9.17, 15) is 9.59 Å². The molecule has 0 fully saturated rings. The van der Waals surface area contributed by atoms with Crippen LogP contribution in [0.4, 0.5) is 5.69 Å². The van der Waals surface area contributed by atoms with Gasteiger partial charge in [0.2, 0.25) is 0 Å². The summed E-state index contributed by atoms with van der Waals surface area (Å²) in [6.45, 7) is 4.22. The fraction of sp³-hybridized carbons (Fsp3) is 0.429. The molecule has 5 nitrogen and oxygen atoms in total. The number of amides is 1. The van der Waals surface area contributed by atoms with Gasteiger partial charge < -0.3 is 15.7 Å². The lowest BCUT2D eigenvalue weighted by Crippen LogP contribution is -2.38. The summed E-state index contributed by atoms with van der Waals surface area (Å²) < 4.78 is 0. The van der Waals surface area contributed by atoms with Crippen LogP contribution in [0.15, 0.2) is 24.3 Å². The van der Waals surface area contributed by atoms with Crippen molar-refractivity contribution in [2.45, 2.75) is 32.7 Å². The molecule has 19 heavy (non-hydrogen) atoms. The van der Waals surface area contributed by atoms with Gasteiger partial charge in [0.05, 0.1) is 5.56 Å². The minimum Gasteiger partial charge on any atom is -0.481 e. The number of nitrogens with two attached hydrogens (primary N) is 1. The van der Waals surface area contributed by atoms with Gasteiger partial charge in [-0.15, -0.1) is 0 Å². The molecule has 0 saturated heterocycles. The SMILES string of the molecule is CC(C)N(CCCC(=O)O)C(=O)c1ccccc1N. The Morgan fingerprint density at radius 3 is 2.47 bits per heavy atom. The monoisotopic (exact) mass is 264 g/mol. The molecule has 0 unspecified atom stereocenters. The van der Waals surface area contributed by atoms with Gasteiger partial charge in [0.15, 0.2) is 0 Å². The lowest BCUT2D eigenvalue weighted by Gasteiger charge is -2.27. The standard InChI is InChI=1S/C14H20N2O3/c1-10(2)16(9-5-8-13(17)18)14(19)11-6-3-4-7-12(11)15/h3-4,6-7,10H,5,8-9,15H2,1-2H3,(H,17,18). The molecule has 0 aliphatic heterocycles. The Hall–Kier alpha value is -2.04. The molecule has 3 N–H and O–H groups in total. The largest absolute Gasteiger partial charge is 0.481 e. The van der Waals surface area contributed by atoms with E-state index in [0.717, 1.165) is 0 Å². The van der Waals surface area contributed by atoms with Crippen LogP contribution in [0.5, 0.6) is 0 Å². The van der Waals surface area contributed by atoms with Gasteiger partial charge in [-0.2, -0.15) is 0 Å². The van der Waals surface area contributed by atoms with Crippen LogP contribution in [0.2, 0.25) is 0 Å². The second-order valence-corrected chi connectivity index (χ2v) is 4.68. The summed E-state index contributed by atoms with van der Waals surface area (Å²) in [6, 6.07) is 6.91. The van der Waals surface area contributed by atoms with E-state index >= 15 is 0 Å². The molecule has 0 radical (unpaired) electrons. The number of rotatable bonds is 6. The average Bonchev–Trinajstić information content (AvgIpc) is 2.33. The van der Waals surface area contributed by atoms with Gasteiger partial charge >= 0.3 is 5.97 Å². The molecule has 1 rings (SSSR count). The third kappa shape index (κ3) is 4.28. The molecular weight excluding hydrogens is 244 g/mol. The molecule has 104 valence electrons. The van der Waals surface area contributed by atoms with Gasteiger partial charge in [-0.05, 0) is 32.4 Å². The van der Waals surface area contributed by atoms with Crippen molar-refractivity contribution in [3.05, 3.63) is 29.8 Å². The predicted octanol–water partition coefficient (Wildman–Crippen LogP) is 1.98. The lowest BCUT2D eigenvalue weighted by molar-refractivity contribution is -0.137. The fourth-order valence-corrected chi connectivity index (χ4v) is 1.84. The summed E-state index contributed by atoms with van der Waals surface area (Å²) in [7, 11) is 0. The first-order valence-electron chi connectivity index (χ1n) is 6.30. The number of carbonyl (C=O) groups excluding carboxylic acids is 1. The van der Waals surface area contributed by atoms with Crippen molar-refractivity contribution in [1.82, 2.24) is 4.90 Å². The molecule has 0 saturated carbocycles. The number of benzene rings is 1. The predicted molar refractivity (Wildman–Crippen MR) is 73.9 cm³/mol. The number of carboxylic acid groups (broad SMARTS) is 1. The summed E-state index contributed by atoms with van der Waals surface area (Å²) in [5, 5.41) is 8.64. The maximum Gasteiger partial charge on any atom is 0.303 e. The Morgan fingerprint density at radius 2 is 1.95 bits per heavy atom. The number of hydrogen-bond donors (Lipinski definition) is 2. The van der Waals surface area contributed by atoms with E-state index in [0.29, 0.717) is 24.2 Å². The number of carboxylic acids is 1. The summed E-state index contributed by atoms with van der Waals surface area (Å²) in [5.41, 5.74) is 6.70. The van der Waals surface area contributed by atoms with E-state index in [2.05, 4.69) is 0 Å². The summed E-state index contributed by atoms with van der Waals surface area (Å²) in [6.07, 6.45) is 0.493. The molecule has 1 amide bonds. The van der Waals surface area contributed by atoms with Crippen LogP contribution in [0.1, 0.15) is 37.0 Å². The van der Waals surface area contributed by atoms with Crippen LogP contribution < -0.4 is 5.73 Å². The van der Waals surface area contributed by atoms with Crippen LogP contribution in [0, 0.1) is 0 Å². The summed E-state index contributed by atoms with van der Waals surface area (Å²) >= 11 is 0. The fourth-order valence-electron chi connectivity index (χ4n) is 1.84. The minimum atomic E-state index is -0.851. The van der Waals surface area contributed by atoms with Crippen molar-refractivity contribution in [1.29, 1.82) is 0 Å². The highest BCUT2D eigenvalue weighted by molar-refractivity contribution is 5.99. The van der Waals surface area contributed by atoms with Crippen molar-refractivity contribution in [3.63, 3.8) is 0 Å².